The Hall–Kier alpha value is -1.26. The molecule has 0 aromatic heterocycles. The molecule has 0 fully saturated rings. The van der Waals surface area contributed by atoms with E-state index in [1.165, 1.54) is 0 Å². The van der Waals surface area contributed by atoms with Gasteiger partial charge in [0.2, 0.25) is 0 Å². The van der Waals surface area contributed by atoms with E-state index < -0.39 is 0 Å². The van der Waals surface area contributed by atoms with Gasteiger partial charge in [0.1, 0.15) is 5.75 Å². The monoisotopic (exact) mass is 258 g/mol. The van der Waals surface area contributed by atoms with E-state index in [-0.39, 0.29) is 24.4 Å². The van der Waals surface area contributed by atoms with Gasteiger partial charge in [0.25, 0.3) is 5.91 Å². The molecular formula is C12H19ClN2O2. The lowest BCUT2D eigenvalue weighted by atomic mass is 10.1. The summed E-state index contributed by atoms with van der Waals surface area (Å²) in [5, 5.41) is 0. The van der Waals surface area contributed by atoms with Crippen molar-refractivity contribution >= 4 is 18.3 Å². The molecule has 0 radical (unpaired) electrons. The summed E-state index contributed by atoms with van der Waals surface area (Å²) in [6, 6.07) is 7.19. The van der Waals surface area contributed by atoms with Gasteiger partial charge in [-0.2, -0.15) is 0 Å². The zero-order chi connectivity index (χ0) is 12.1. The molecule has 1 rings (SSSR count). The van der Waals surface area contributed by atoms with Crippen molar-refractivity contribution in [2.45, 2.75) is 13.0 Å². The van der Waals surface area contributed by atoms with Crippen molar-refractivity contribution in [3.05, 3.63) is 29.8 Å². The first-order chi connectivity index (χ1) is 7.61. The number of carbonyl (C=O) groups excluding carboxylic acids is 1. The summed E-state index contributed by atoms with van der Waals surface area (Å²) in [6.07, 6.45) is 0. The summed E-state index contributed by atoms with van der Waals surface area (Å²) in [6.45, 7) is 2.35. The molecule has 1 unspecified atom stereocenters. The highest BCUT2D eigenvalue weighted by Gasteiger charge is 2.19. The quantitative estimate of drug-likeness (QED) is 0.891. The van der Waals surface area contributed by atoms with Crippen LogP contribution in [0.5, 0.6) is 5.75 Å². The smallest absolute Gasteiger partial charge is 0.257 e. The number of hydrogen-bond acceptors (Lipinski definition) is 3. The maximum Gasteiger partial charge on any atom is 0.257 e. The molecule has 0 aliphatic heterocycles. The van der Waals surface area contributed by atoms with Gasteiger partial charge in [-0.15, -0.1) is 12.4 Å². The SMILES string of the molecule is COc1ccccc1C(=O)N(C)C(C)CN.Cl. The number of para-hydroxylation sites is 1. The molecule has 4 nitrogen and oxygen atoms in total. The predicted octanol–water partition coefficient (Wildman–Crippen LogP) is 1.54. The first-order valence-electron chi connectivity index (χ1n) is 5.22. The highest BCUT2D eigenvalue weighted by Crippen LogP contribution is 2.19. The fourth-order valence-corrected chi connectivity index (χ4v) is 1.37. The molecule has 0 spiro atoms. The molecule has 0 heterocycles. The van der Waals surface area contributed by atoms with Gasteiger partial charge in [-0.3, -0.25) is 4.79 Å². The first kappa shape index (κ1) is 15.7. The van der Waals surface area contributed by atoms with Gasteiger partial charge in [-0.05, 0) is 19.1 Å². The van der Waals surface area contributed by atoms with E-state index in [0.717, 1.165) is 0 Å². The molecule has 2 N–H and O–H groups in total. The number of methoxy groups -OCH3 is 1. The van der Waals surface area contributed by atoms with Crippen molar-refractivity contribution in [2.24, 2.45) is 5.73 Å². The Morgan fingerprint density at radius 2 is 2.06 bits per heavy atom. The van der Waals surface area contributed by atoms with Crippen molar-refractivity contribution in [3.8, 4) is 5.75 Å². The van der Waals surface area contributed by atoms with Crippen LogP contribution in [0.25, 0.3) is 0 Å². The number of amides is 1. The second-order valence-corrected chi connectivity index (χ2v) is 3.70. The topological polar surface area (TPSA) is 55.6 Å². The van der Waals surface area contributed by atoms with Gasteiger partial charge < -0.3 is 15.4 Å². The molecule has 1 aromatic carbocycles. The highest BCUT2D eigenvalue weighted by atomic mass is 35.5. The summed E-state index contributed by atoms with van der Waals surface area (Å²) in [5.74, 6) is 0.513. The zero-order valence-electron chi connectivity index (χ0n) is 10.3. The lowest BCUT2D eigenvalue weighted by molar-refractivity contribution is 0.0745. The number of likely N-dealkylation sites (N-methyl/N-ethyl adjacent to an activating group) is 1. The average molecular weight is 259 g/mol. The zero-order valence-corrected chi connectivity index (χ0v) is 11.2. The van der Waals surface area contributed by atoms with Crippen LogP contribution in [-0.4, -0.2) is 37.6 Å². The Kier molecular flexibility index (Phi) is 6.61. The van der Waals surface area contributed by atoms with E-state index >= 15 is 0 Å². The van der Waals surface area contributed by atoms with Crippen molar-refractivity contribution in [1.82, 2.24) is 4.90 Å². The summed E-state index contributed by atoms with van der Waals surface area (Å²) in [5.41, 5.74) is 6.10. The molecule has 1 atom stereocenters. The number of ether oxygens (including phenoxy) is 1. The number of carbonyl (C=O) groups is 1. The number of rotatable bonds is 4. The lowest BCUT2D eigenvalue weighted by Gasteiger charge is -2.24. The summed E-state index contributed by atoms with van der Waals surface area (Å²) < 4.78 is 5.15. The number of hydrogen-bond donors (Lipinski definition) is 1. The molecule has 0 aliphatic carbocycles. The molecule has 17 heavy (non-hydrogen) atoms. The highest BCUT2D eigenvalue weighted by molar-refractivity contribution is 5.96. The van der Waals surface area contributed by atoms with E-state index in [2.05, 4.69) is 0 Å². The number of halogens is 1. The van der Waals surface area contributed by atoms with Crippen LogP contribution in [-0.2, 0) is 0 Å². The van der Waals surface area contributed by atoms with Crippen molar-refractivity contribution in [1.29, 1.82) is 0 Å². The molecule has 5 heteroatoms. The fraction of sp³-hybridized carbons (Fsp3) is 0.417. The molecular weight excluding hydrogens is 240 g/mol. The van der Waals surface area contributed by atoms with Crippen LogP contribution in [0, 0.1) is 0 Å². The first-order valence-corrected chi connectivity index (χ1v) is 5.22. The van der Waals surface area contributed by atoms with Gasteiger partial charge in [0.05, 0.1) is 12.7 Å². The van der Waals surface area contributed by atoms with Crippen molar-refractivity contribution < 1.29 is 9.53 Å². The normalized spacial score (nSPS) is 11.3. The van der Waals surface area contributed by atoms with E-state index in [0.29, 0.717) is 17.9 Å². The molecule has 0 aliphatic rings. The minimum absolute atomic E-state index is 0. The number of benzene rings is 1. The summed E-state index contributed by atoms with van der Waals surface area (Å²) >= 11 is 0. The van der Waals surface area contributed by atoms with Crippen LogP contribution in [0.3, 0.4) is 0 Å². The Morgan fingerprint density at radius 3 is 2.59 bits per heavy atom. The van der Waals surface area contributed by atoms with Crippen LogP contribution >= 0.6 is 12.4 Å². The van der Waals surface area contributed by atoms with Crippen molar-refractivity contribution in [2.75, 3.05) is 20.7 Å². The number of nitrogens with two attached hydrogens (primary N) is 1. The number of nitrogens with zero attached hydrogens (tertiary/aromatic N) is 1. The molecule has 1 aromatic rings. The summed E-state index contributed by atoms with van der Waals surface area (Å²) in [7, 11) is 3.30. The van der Waals surface area contributed by atoms with Crippen molar-refractivity contribution in [3.63, 3.8) is 0 Å². The van der Waals surface area contributed by atoms with Crippen LogP contribution in [0.15, 0.2) is 24.3 Å². The van der Waals surface area contributed by atoms with Crippen LogP contribution < -0.4 is 10.5 Å². The minimum atomic E-state index is -0.0737. The molecule has 1 amide bonds. The third-order valence-electron chi connectivity index (χ3n) is 2.66. The van der Waals surface area contributed by atoms with Crippen LogP contribution in [0.4, 0.5) is 0 Å². The Morgan fingerprint density at radius 1 is 1.47 bits per heavy atom. The molecule has 0 bridgehead atoms. The third kappa shape index (κ3) is 3.61. The maximum atomic E-state index is 12.1. The lowest BCUT2D eigenvalue weighted by Crippen LogP contribution is -2.39. The maximum absolute atomic E-state index is 12.1. The molecule has 96 valence electrons. The standard InChI is InChI=1S/C12H18N2O2.ClH/c1-9(8-13)14(2)12(15)10-6-4-5-7-11(10)16-3;/h4-7,9H,8,13H2,1-3H3;1H. The second-order valence-electron chi connectivity index (χ2n) is 3.70. The van der Waals surface area contributed by atoms with Crippen LogP contribution in [0.2, 0.25) is 0 Å². The Balaban J connectivity index is 0.00000256. The van der Waals surface area contributed by atoms with E-state index in [4.69, 9.17) is 10.5 Å². The van der Waals surface area contributed by atoms with Gasteiger partial charge >= 0.3 is 0 Å². The molecule has 0 saturated carbocycles. The third-order valence-corrected chi connectivity index (χ3v) is 2.66. The van der Waals surface area contributed by atoms with Crippen LogP contribution in [0.1, 0.15) is 17.3 Å². The second kappa shape index (κ2) is 7.14. The molecule has 0 saturated heterocycles. The summed E-state index contributed by atoms with van der Waals surface area (Å²) in [4.78, 5) is 13.7. The average Bonchev–Trinajstić information content (AvgIpc) is 2.35. The van der Waals surface area contributed by atoms with Gasteiger partial charge in [0.15, 0.2) is 0 Å². The fourth-order valence-electron chi connectivity index (χ4n) is 1.37. The van der Waals surface area contributed by atoms with Gasteiger partial charge in [0, 0.05) is 19.6 Å². The van der Waals surface area contributed by atoms with E-state index in [9.17, 15) is 4.79 Å². The predicted molar refractivity (Wildman–Crippen MR) is 70.9 cm³/mol. The minimum Gasteiger partial charge on any atom is -0.496 e. The van der Waals surface area contributed by atoms with E-state index in [1.54, 1.807) is 31.2 Å². The van der Waals surface area contributed by atoms with Gasteiger partial charge in [-0.1, -0.05) is 12.1 Å². The Labute approximate surface area is 108 Å². The van der Waals surface area contributed by atoms with E-state index in [1.807, 2.05) is 19.1 Å². The Bertz CT molecular complexity index is 371. The largest absolute Gasteiger partial charge is 0.496 e. The van der Waals surface area contributed by atoms with Gasteiger partial charge in [-0.25, -0.2) is 0 Å².